The highest BCUT2D eigenvalue weighted by molar-refractivity contribution is 9.10. The van der Waals surface area contributed by atoms with E-state index in [-0.39, 0.29) is 36.8 Å². The van der Waals surface area contributed by atoms with Crippen LogP contribution in [-0.4, -0.2) is 30.9 Å². The molecular weight excluding hydrogens is 358 g/mol. The molecule has 7 heteroatoms. The molecule has 1 fully saturated rings. The van der Waals surface area contributed by atoms with Crippen LogP contribution in [0.4, 0.5) is 0 Å². The largest absolute Gasteiger partial charge is 0.350 e. The summed E-state index contributed by atoms with van der Waals surface area (Å²) in [7, 11) is 0. The first kappa shape index (κ1) is 17.9. The summed E-state index contributed by atoms with van der Waals surface area (Å²) in [5.41, 5.74) is 6.14. The zero-order valence-electron chi connectivity index (χ0n) is 11.5. The topological polar surface area (TPSA) is 84.2 Å². The van der Waals surface area contributed by atoms with Crippen LogP contribution in [0, 0.1) is 5.92 Å². The third-order valence-electron chi connectivity index (χ3n) is 3.29. The van der Waals surface area contributed by atoms with Crippen LogP contribution >= 0.6 is 28.3 Å². The van der Waals surface area contributed by atoms with Crippen LogP contribution in [0.15, 0.2) is 28.7 Å². The van der Waals surface area contributed by atoms with Gasteiger partial charge in [0.1, 0.15) is 0 Å². The van der Waals surface area contributed by atoms with E-state index in [0.717, 1.165) is 17.3 Å². The van der Waals surface area contributed by atoms with Gasteiger partial charge < -0.3 is 16.4 Å². The average Bonchev–Trinajstić information content (AvgIpc) is 3.26. The Kier molecular flexibility index (Phi) is 7.14. The summed E-state index contributed by atoms with van der Waals surface area (Å²) in [6.45, 7) is 0.407. The molecule has 0 radical (unpaired) electrons. The molecule has 0 saturated heterocycles. The fourth-order valence-electron chi connectivity index (χ4n) is 2.02. The lowest BCUT2D eigenvalue weighted by molar-refractivity contribution is -0.120. The van der Waals surface area contributed by atoms with Gasteiger partial charge in [-0.2, -0.15) is 0 Å². The highest BCUT2D eigenvalue weighted by atomic mass is 79.9. The van der Waals surface area contributed by atoms with Gasteiger partial charge in [-0.3, -0.25) is 9.59 Å². The van der Waals surface area contributed by atoms with E-state index in [4.69, 9.17) is 5.73 Å². The number of carbonyl (C=O) groups is 2. The molecule has 0 aromatic heterocycles. The van der Waals surface area contributed by atoms with E-state index >= 15 is 0 Å². The number of nitrogens with one attached hydrogen (secondary N) is 2. The second-order valence-electron chi connectivity index (χ2n) is 4.94. The molecule has 1 aliphatic carbocycles. The Balaban J connectivity index is 0.00000220. The van der Waals surface area contributed by atoms with Crippen molar-refractivity contribution in [2.75, 3.05) is 13.1 Å². The first-order valence-corrected chi connectivity index (χ1v) is 7.42. The molecule has 2 rings (SSSR count). The number of carbonyl (C=O) groups excluding carboxylic acids is 2. The molecule has 1 saturated carbocycles. The molecule has 0 spiro atoms. The monoisotopic (exact) mass is 375 g/mol. The minimum atomic E-state index is -0.267. The smallest absolute Gasteiger partial charge is 0.251 e. The number of nitrogens with two attached hydrogens (primary N) is 1. The Morgan fingerprint density at radius 1 is 1.38 bits per heavy atom. The molecule has 1 aliphatic rings. The van der Waals surface area contributed by atoms with Crippen LogP contribution in [0.1, 0.15) is 23.2 Å². The molecular formula is C14H19BrClN3O2. The second kappa shape index (κ2) is 8.36. The first-order valence-electron chi connectivity index (χ1n) is 6.63. The van der Waals surface area contributed by atoms with E-state index in [9.17, 15) is 9.59 Å². The normalized spacial score (nSPS) is 14.8. The third-order valence-corrected chi connectivity index (χ3v) is 3.78. The van der Waals surface area contributed by atoms with E-state index in [1.807, 2.05) is 6.07 Å². The Morgan fingerprint density at radius 3 is 2.67 bits per heavy atom. The Labute approximate surface area is 138 Å². The molecule has 4 N–H and O–H groups in total. The molecule has 1 atom stereocenters. The number of rotatable bonds is 6. The molecule has 2 amide bonds. The predicted molar refractivity (Wildman–Crippen MR) is 87.4 cm³/mol. The predicted octanol–water partition coefficient (Wildman–Crippen LogP) is 1.45. The van der Waals surface area contributed by atoms with Crippen LogP contribution in [0.2, 0.25) is 0 Å². The highest BCUT2D eigenvalue weighted by Gasteiger charge is 2.31. The summed E-state index contributed by atoms with van der Waals surface area (Å²) in [4.78, 5) is 23.6. The van der Waals surface area contributed by atoms with Crippen molar-refractivity contribution < 1.29 is 9.59 Å². The van der Waals surface area contributed by atoms with E-state index < -0.39 is 0 Å². The zero-order chi connectivity index (χ0) is 14.5. The van der Waals surface area contributed by atoms with Gasteiger partial charge in [-0.05, 0) is 37.0 Å². The number of halogens is 2. The Morgan fingerprint density at radius 2 is 2.10 bits per heavy atom. The lowest BCUT2D eigenvalue weighted by Crippen LogP contribution is -2.46. The van der Waals surface area contributed by atoms with Crippen molar-refractivity contribution in [1.82, 2.24) is 10.6 Å². The molecule has 1 unspecified atom stereocenters. The maximum atomic E-state index is 11.9. The van der Waals surface area contributed by atoms with Crippen molar-refractivity contribution in [3.63, 3.8) is 0 Å². The van der Waals surface area contributed by atoms with Gasteiger partial charge in [-0.1, -0.05) is 22.0 Å². The van der Waals surface area contributed by atoms with E-state index in [1.54, 1.807) is 18.2 Å². The highest BCUT2D eigenvalue weighted by Crippen LogP contribution is 2.32. The summed E-state index contributed by atoms with van der Waals surface area (Å²) < 4.78 is 0.825. The van der Waals surface area contributed by atoms with Gasteiger partial charge >= 0.3 is 0 Å². The molecule has 21 heavy (non-hydrogen) atoms. The minimum Gasteiger partial charge on any atom is -0.350 e. The Hall–Kier alpha value is -1.11. The molecule has 0 aliphatic heterocycles. The van der Waals surface area contributed by atoms with Crippen molar-refractivity contribution >= 4 is 40.2 Å². The average molecular weight is 377 g/mol. The van der Waals surface area contributed by atoms with Crippen LogP contribution in [0.25, 0.3) is 0 Å². The van der Waals surface area contributed by atoms with Gasteiger partial charge in [-0.25, -0.2) is 0 Å². The fourth-order valence-corrected chi connectivity index (χ4v) is 2.42. The molecule has 116 valence electrons. The van der Waals surface area contributed by atoms with E-state index in [0.29, 0.717) is 18.0 Å². The van der Waals surface area contributed by atoms with Crippen LogP contribution in [0.3, 0.4) is 0 Å². The van der Waals surface area contributed by atoms with Gasteiger partial charge in [0.05, 0.1) is 6.54 Å². The summed E-state index contributed by atoms with van der Waals surface area (Å²) in [6.07, 6.45) is 2.24. The number of hydrogen-bond acceptors (Lipinski definition) is 3. The van der Waals surface area contributed by atoms with Gasteiger partial charge in [0, 0.05) is 22.6 Å². The molecule has 0 heterocycles. The number of benzene rings is 1. The minimum absolute atomic E-state index is 0. The summed E-state index contributed by atoms with van der Waals surface area (Å²) >= 11 is 3.30. The summed E-state index contributed by atoms with van der Waals surface area (Å²) in [6, 6.07) is 7.05. The number of hydrogen-bond donors (Lipinski definition) is 3. The van der Waals surface area contributed by atoms with Crippen LogP contribution < -0.4 is 16.4 Å². The first-order chi connectivity index (χ1) is 9.60. The van der Waals surface area contributed by atoms with Crippen molar-refractivity contribution in [2.45, 2.75) is 18.9 Å². The molecule has 1 aromatic carbocycles. The second-order valence-corrected chi connectivity index (χ2v) is 5.86. The maximum absolute atomic E-state index is 11.9. The maximum Gasteiger partial charge on any atom is 0.251 e. The van der Waals surface area contributed by atoms with Gasteiger partial charge in [-0.15, -0.1) is 12.4 Å². The lowest BCUT2D eigenvalue weighted by Gasteiger charge is -2.16. The zero-order valence-corrected chi connectivity index (χ0v) is 13.9. The van der Waals surface area contributed by atoms with Crippen molar-refractivity contribution in [3.05, 3.63) is 34.3 Å². The molecule has 1 aromatic rings. The number of amides is 2. The quantitative estimate of drug-likeness (QED) is 0.702. The summed E-state index contributed by atoms with van der Waals surface area (Å²) in [5, 5.41) is 5.46. The third kappa shape index (κ3) is 5.65. The molecule has 5 nitrogen and oxygen atoms in total. The van der Waals surface area contributed by atoms with Crippen LogP contribution in [0.5, 0.6) is 0 Å². The van der Waals surface area contributed by atoms with Crippen molar-refractivity contribution in [1.29, 1.82) is 0 Å². The lowest BCUT2D eigenvalue weighted by atomic mass is 10.2. The summed E-state index contributed by atoms with van der Waals surface area (Å²) in [5.74, 6) is 0.0394. The van der Waals surface area contributed by atoms with E-state index in [2.05, 4.69) is 26.6 Å². The van der Waals surface area contributed by atoms with Crippen molar-refractivity contribution in [2.24, 2.45) is 11.7 Å². The Bertz CT molecular complexity index is 509. The van der Waals surface area contributed by atoms with Gasteiger partial charge in [0.2, 0.25) is 5.91 Å². The van der Waals surface area contributed by atoms with Crippen LogP contribution in [-0.2, 0) is 4.79 Å². The van der Waals surface area contributed by atoms with E-state index in [1.165, 1.54) is 0 Å². The SMILES string of the molecule is Cl.NCC(NC(=O)CNC(=O)c1cccc(Br)c1)C1CC1. The standard InChI is InChI=1S/C14H18BrN3O2.ClH/c15-11-3-1-2-10(6-11)14(20)17-8-13(19)18-12(7-16)9-4-5-9;/h1-3,6,9,12H,4-5,7-8,16H2,(H,17,20)(H,18,19);1H. The molecule has 0 bridgehead atoms. The van der Waals surface area contributed by atoms with Gasteiger partial charge in [0.25, 0.3) is 5.91 Å². The fraction of sp³-hybridized carbons (Fsp3) is 0.429. The van der Waals surface area contributed by atoms with Crippen molar-refractivity contribution in [3.8, 4) is 0 Å². The van der Waals surface area contributed by atoms with Gasteiger partial charge in [0.15, 0.2) is 0 Å².